The second-order valence-electron chi connectivity index (χ2n) is 6.02. The number of halogens is 1. The lowest BCUT2D eigenvalue weighted by Crippen LogP contribution is -2.43. The second kappa shape index (κ2) is 7.98. The van der Waals surface area contributed by atoms with Gasteiger partial charge in [0.25, 0.3) is 0 Å². The Balaban J connectivity index is 2.62. The number of hydrogen-bond donors (Lipinski definition) is 2. The molecule has 1 aromatic carbocycles. The van der Waals surface area contributed by atoms with Crippen LogP contribution >= 0.6 is 0 Å². The molecule has 1 amide bonds. The van der Waals surface area contributed by atoms with E-state index in [1.54, 1.807) is 32.9 Å². The van der Waals surface area contributed by atoms with Crippen LogP contribution in [0, 0.1) is 5.82 Å². The number of unbranched alkanes of at least 4 members (excludes halogenated alkanes) is 1. The SMILES string of the molecule is CCCCC(NNC(=O)OC(C)(C)C)c1ccc(F)cc1. The maximum absolute atomic E-state index is 13.0. The number of carbonyl (C=O) groups is 1. The summed E-state index contributed by atoms with van der Waals surface area (Å²) in [6.45, 7) is 7.52. The monoisotopic (exact) mass is 296 g/mol. The van der Waals surface area contributed by atoms with Crippen LogP contribution in [0.2, 0.25) is 0 Å². The van der Waals surface area contributed by atoms with Crippen molar-refractivity contribution in [2.75, 3.05) is 0 Å². The van der Waals surface area contributed by atoms with Crippen LogP contribution in [0.25, 0.3) is 0 Å². The summed E-state index contributed by atoms with van der Waals surface area (Å²) >= 11 is 0. The Labute approximate surface area is 126 Å². The molecule has 0 radical (unpaired) electrons. The van der Waals surface area contributed by atoms with Gasteiger partial charge in [-0.3, -0.25) is 5.43 Å². The van der Waals surface area contributed by atoms with Crippen molar-refractivity contribution in [2.24, 2.45) is 0 Å². The predicted octanol–water partition coefficient (Wildman–Crippen LogP) is 4.09. The first-order valence-corrected chi connectivity index (χ1v) is 7.32. The summed E-state index contributed by atoms with van der Waals surface area (Å²) in [4.78, 5) is 11.7. The quantitative estimate of drug-likeness (QED) is 0.777. The lowest BCUT2D eigenvalue weighted by atomic mass is 10.0. The smallest absolute Gasteiger partial charge is 0.422 e. The highest BCUT2D eigenvalue weighted by Crippen LogP contribution is 2.19. The van der Waals surface area contributed by atoms with Crippen LogP contribution in [-0.2, 0) is 4.74 Å². The van der Waals surface area contributed by atoms with Crippen molar-refractivity contribution in [2.45, 2.75) is 58.6 Å². The molecular formula is C16H25FN2O2. The third-order valence-electron chi connectivity index (χ3n) is 2.87. The second-order valence-corrected chi connectivity index (χ2v) is 6.02. The summed E-state index contributed by atoms with van der Waals surface area (Å²) in [7, 11) is 0. The van der Waals surface area contributed by atoms with E-state index in [9.17, 15) is 9.18 Å². The lowest BCUT2D eigenvalue weighted by molar-refractivity contribution is 0.0486. The molecule has 0 saturated heterocycles. The average molecular weight is 296 g/mol. The van der Waals surface area contributed by atoms with E-state index in [1.165, 1.54) is 12.1 Å². The van der Waals surface area contributed by atoms with Gasteiger partial charge in [0.2, 0.25) is 0 Å². The van der Waals surface area contributed by atoms with Crippen LogP contribution in [0.1, 0.15) is 58.6 Å². The van der Waals surface area contributed by atoms with Gasteiger partial charge in [-0.05, 0) is 44.9 Å². The van der Waals surface area contributed by atoms with Crippen molar-refractivity contribution >= 4 is 6.09 Å². The largest absolute Gasteiger partial charge is 0.443 e. The molecular weight excluding hydrogens is 271 g/mol. The molecule has 21 heavy (non-hydrogen) atoms. The molecule has 0 aliphatic heterocycles. The molecule has 0 bridgehead atoms. The van der Waals surface area contributed by atoms with Gasteiger partial charge in [-0.2, -0.15) is 0 Å². The number of ether oxygens (including phenoxy) is 1. The zero-order valence-corrected chi connectivity index (χ0v) is 13.2. The zero-order valence-electron chi connectivity index (χ0n) is 13.2. The van der Waals surface area contributed by atoms with Crippen LogP contribution < -0.4 is 10.9 Å². The van der Waals surface area contributed by atoms with Crippen molar-refractivity contribution in [3.8, 4) is 0 Å². The van der Waals surface area contributed by atoms with Crippen LogP contribution in [0.4, 0.5) is 9.18 Å². The molecule has 5 heteroatoms. The summed E-state index contributed by atoms with van der Waals surface area (Å²) in [5.74, 6) is -0.270. The van der Waals surface area contributed by atoms with Gasteiger partial charge in [0.15, 0.2) is 0 Å². The summed E-state index contributed by atoms with van der Waals surface area (Å²) < 4.78 is 18.2. The van der Waals surface area contributed by atoms with Crippen molar-refractivity contribution in [1.82, 2.24) is 10.9 Å². The average Bonchev–Trinajstić information content (AvgIpc) is 2.38. The Morgan fingerprint density at radius 1 is 1.29 bits per heavy atom. The molecule has 118 valence electrons. The first-order valence-electron chi connectivity index (χ1n) is 7.32. The van der Waals surface area contributed by atoms with E-state index in [0.717, 1.165) is 24.8 Å². The van der Waals surface area contributed by atoms with Gasteiger partial charge in [0, 0.05) is 0 Å². The lowest BCUT2D eigenvalue weighted by Gasteiger charge is -2.23. The Bertz CT molecular complexity index is 441. The molecule has 1 atom stereocenters. The highest BCUT2D eigenvalue weighted by Gasteiger charge is 2.17. The maximum Gasteiger partial charge on any atom is 0.422 e. The van der Waals surface area contributed by atoms with Gasteiger partial charge in [0.05, 0.1) is 6.04 Å². The van der Waals surface area contributed by atoms with Crippen molar-refractivity contribution in [1.29, 1.82) is 0 Å². The molecule has 0 aliphatic rings. The molecule has 1 unspecified atom stereocenters. The number of carbonyl (C=O) groups excluding carboxylic acids is 1. The zero-order chi connectivity index (χ0) is 15.9. The third-order valence-corrected chi connectivity index (χ3v) is 2.87. The fourth-order valence-electron chi connectivity index (χ4n) is 1.88. The third kappa shape index (κ3) is 7.09. The Kier molecular flexibility index (Phi) is 6.62. The van der Waals surface area contributed by atoms with E-state index in [4.69, 9.17) is 4.74 Å². The van der Waals surface area contributed by atoms with Gasteiger partial charge in [-0.15, -0.1) is 0 Å². The van der Waals surface area contributed by atoms with E-state index in [2.05, 4.69) is 17.8 Å². The van der Waals surface area contributed by atoms with Crippen LogP contribution in [-0.4, -0.2) is 11.7 Å². The maximum atomic E-state index is 13.0. The fraction of sp³-hybridized carbons (Fsp3) is 0.562. The van der Waals surface area contributed by atoms with Crippen LogP contribution in [0.3, 0.4) is 0 Å². The van der Waals surface area contributed by atoms with E-state index in [-0.39, 0.29) is 11.9 Å². The van der Waals surface area contributed by atoms with E-state index < -0.39 is 11.7 Å². The minimum Gasteiger partial charge on any atom is -0.443 e. The minimum absolute atomic E-state index is 0.0712. The fourth-order valence-corrected chi connectivity index (χ4v) is 1.88. The molecule has 0 aromatic heterocycles. The highest BCUT2D eigenvalue weighted by atomic mass is 19.1. The van der Waals surface area contributed by atoms with Gasteiger partial charge in [0.1, 0.15) is 11.4 Å². The first-order chi connectivity index (χ1) is 9.81. The summed E-state index contributed by atoms with van der Waals surface area (Å²) in [6, 6.07) is 6.21. The standard InChI is InChI=1S/C16H25FN2O2/c1-5-6-7-14(12-8-10-13(17)11-9-12)18-19-15(20)21-16(2,3)4/h8-11,14,18H,5-7H2,1-4H3,(H,19,20). The number of hydrazine groups is 1. The number of hydrogen-bond acceptors (Lipinski definition) is 3. The van der Waals surface area contributed by atoms with Gasteiger partial charge in [-0.1, -0.05) is 31.9 Å². The Hall–Kier alpha value is -1.62. The van der Waals surface area contributed by atoms with Crippen molar-refractivity contribution in [3.05, 3.63) is 35.6 Å². The first kappa shape index (κ1) is 17.4. The molecule has 0 heterocycles. The Morgan fingerprint density at radius 2 is 1.90 bits per heavy atom. The van der Waals surface area contributed by atoms with Crippen LogP contribution in [0.5, 0.6) is 0 Å². The van der Waals surface area contributed by atoms with Gasteiger partial charge < -0.3 is 4.74 Å². The Morgan fingerprint density at radius 3 is 2.43 bits per heavy atom. The topological polar surface area (TPSA) is 50.4 Å². The molecule has 0 aliphatic carbocycles. The molecule has 0 fully saturated rings. The molecule has 1 rings (SSSR count). The van der Waals surface area contributed by atoms with E-state index in [0.29, 0.717) is 0 Å². The number of amides is 1. The molecule has 0 spiro atoms. The van der Waals surface area contributed by atoms with Gasteiger partial charge >= 0.3 is 6.09 Å². The number of rotatable bonds is 6. The van der Waals surface area contributed by atoms with E-state index in [1.807, 2.05) is 0 Å². The van der Waals surface area contributed by atoms with Crippen molar-refractivity contribution < 1.29 is 13.9 Å². The number of benzene rings is 1. The molecule has 1 aromatic rings. The summed E-state index contributed by atoms with van der Waals surface area (Å²) in [5.41, 5.74) is 5.91. The molecule has 0 saturated carbocycles. The summed E-state index contributed by atoms with van der Waals surface area (Å²) in [6.07, 6.45) is 2.38. The molecule has 4 nitrogen and oxygen atoms in total. The highest BCUT2D eigenvalue weighted by molar-refractivity contribution is 5.67. The predicted molar refractivity (Wildman–Crippen MR) is 81.2 cm³/mol. The van der Waals surface area contributed by atoms with Gasteiger partial charge in [-0.25, -0.2) is 14.6 Å². The number of nitrogens with one attached hydrogen (secondary N) is 2. The normalized spacial score (nSPS) is 12.8. The van der Waals surface area contributed by atoms with E-state index >= 15 is 0 Å². The summed E-state index contributed by atoms with van der Waals surface area (Å²) in [5, 5.41) is 0. The van der Waals surface area contributed by atoms with Crippen molar-refractivity contribution in [3.63, 3.8) is 0 Å². The van der Waals surface area contributed by atoms with Crippen LogP contribution in [0.15, 0.2) is 24.3 Å². The molecule has 2 N–H and O–H groups in total. The minimum atomic E-state index is -0.541.